The average Bonchev–Trinajstić information content (AvgIpc) is 3.32. The molecule has 8 nitrogen and oxygen atoms in total. The van der Waals surface area contributed by atoms with E-state index in [1.54, 1.807) is 43.6 Å². The number of methoxy groups -OCH3 is 1. The molecule has 0 aliphatic heterocycles. The second-order valence-corrected chi connectivity index (χ2v) is 11.6. The Morgan fingerprint density at radius 1 is 1.05 bits per heavy atom. The molecule has 38 heavy (non-hydrogen) atoms. The summed E-state index contributed by atoms with van der Waals surface area (Å²) < 4.78 is 53.1. The van der Waals surface area contributed by atoms with Gasteiger partial charge in [0.05, 0.1) is 51.2 Å². The lowest BCUT2D eigenvalue weighted by atomic mass is 10.1. The van der Waals surface area contributed by atoms with Gasteiger partial charge >= 0.3 is 0 Å². The Hall–Kier alpha value is -3.51. The fraction of sp³-hybridized carbons (Fsp3) is 0.222. The summed E-state index contributed by atoms with van der Waals surface area (Å²) in [6.45, 7) is 3.71. The Morgan fingerprint density at radius 2 is 1.84 bits per heavy atom. The van der Waals surface area contributed by atoms with Crippen molar-refractivity contribution in [3.05, 3.63) is 77.6 Å². The molecule has 0 bridgehead atoms. The van der Waals surface area contributed by atoms with Crippen molar-refractivity contribution in [2.75, 3.05) is 13.7 Å². The number of aromatic nitrogens is 3. The second kappa shape index (κ2) is 10.7. The van der Waals surface area contributed by atoms with Crippen LogP contribution in [0.5, 0.6) is 5.75 Å². The Bertz CT molecular complexity index is 1730. The molecule has 0 saturated carbocycles. The van der Waals surface area contributed by atoms with E-state index >= 15 is 0 Å². The van der Waals surface area contributed by atoms with Crippen molar-refractivity contribution < 1.29 is 22.3 Å². The van der Waals surface area contributed by atoms with Crippen LogP contribution in [0.4, 0.5) is 4.39 Å². The molecule has 0 aliphatic rings. The van der Waals surface area contributed by atoms with Gasteiger partial charge in [0, 0.05) is 12.7 Å². The van der Waals surface area contributed by atoms with Crippen LogP contribution in [0, 0.1) is 13.8 Å². The number of alkyl halides is 1. The minimum absolute atomic E-state index is 0.0601. The third-order valence-corrected chi connectivity index (χ3v) is 8.25. The van der Waals surface area contributed by atoms with E-state index in [4.69, 9.17) is 14.5 Å². The number of nitrogens with zero attached hydrogens (tertiary/aromatic N) is 3. The van der Waals surface area contributed by atoms with Crippen LogP contribution in [0.15, 0.2) is 65.7 Å². The van der Waals surface area contributed by atoms with Gasteiger partial charge in [-0.05, 0) is 61.4 Å². The lowest BCUT2D eigenvalue weighted by Crippen LogP contribution is -2.32. The number of halogens is 1. The molecule has 0 amide bonds. The van der Waals surface area contributed by atoms with Crippen LogP contribution >= 0.6 is 11.3 Å². The first-order chi connectivity index (χ1) is 18.2. The second-order valence-electron chi connectivity index (χ2n) is 8.77. The number of hydrogen-bond acceptors (Lipinski definition) is 8. The average molecular weight is 553 g/mol. The first-order valence-electron chi connectivity index (χ1n) is 11.8. The fourth-order valence-electron chi connectivity index (χ4n) is 4.08. The van der Waals surface area contributed by atoms with Crippen molar-refractivity contribution in [3.8, 4) is 16.3 Å². The summed E-state index contributed by atoms with van der Waals surface area (Å²) in [5.41, 5.74) is 5.70. The third kappa shape index (κ3) is 5.51. The monoisotopic (exact) mass is 552 g/mol. The molecule has 0 fully saturated rings. The van der Waals surface area contributed by atoms with E-state index in [9.17, 15) is 12.8 Å². The third-order valence-electron chi connectivity index (χ3n) is 5.77. The van der Waals surface area contributed by atoms with Crippen molar-refractivity contribution >= 4 is 42.6 Å². The van der Waals surface area contributed by atoms with Gasteiger partial charge in [-0.25, -0.2) is 27.5 Å². The number of benzene rings is 3. The smallest absolute Gasteiger partial charge is 0.251 e. The van der Waals surface area contributed by atoms with Crippen LogP contribution in [-0.2, 0) is 21.4 Å². The topological polar surface area (TPSA) is 103 Å². The number of nitrogens with one attached hydrogen (secondary N) is 1. The molecule has 196 valence electrons. The summed E-state index contributed by atoms with van der Waals surface area (Å²) in [5.74, 6) is 0.287. The van der Waals surface area contributed by atoms with Gasteiger partial charge in [-0.15, -0.1) is 11.3 Å². The molecule has 11 heteroatoms. The number of thiazole rings is 1. The molecule has 0 spiro atoms. The maximum atomic E-state index is 14.7. The van der Waals surface area contributed by atoms with Crippen molar-refractivity contribution in [1.82, 2.24) is 19.7 Å². The van der Waals surface area contributed by atoms with Crippen LogP contribution < -0.4 is 9.46 Å². The van der Waals surface area contributed by atoms with E-state index < -0.39 is 22.9 Å². The molecule has 0 aliphatic carbocycles. The molecule has 2 heterocycles. The molecule has 5 aromatic rings. The first kappa shape index (κ1) is 26.1. The summed E-state index contributed by atoms with van der Waals surface area (Å²) in [5, 5.41) is 0.759. The summed E-state index contributed by atoms with van der Waals surface area (Å²) in [6, 6.07) is 15.2. The van der Waals surface area contributed by atoms with E-state index in [2.05, 4.69) is 14.7 Å². The molecule has 1 unspecified atom stereocenters. The summed E-state index contributed by atoms with van der Waals surface area (Å²) in [6.07, 6.45) is -0.183. The van der Waals surface area contributed by atoms with Gasteiger partial charge in [0.2, 0.25) is 10.0 Å². The highest BCUT2D eigenvalue weighted by Gasteiger charge is 2.19. The minimum atomic E-state index is -3.84. The van der Waals surface area contributed by atoms with Crippen LogP contribution in [0.1, 0.15) is 16.8 Å². The Morgan fingerprint density at radius 3 is 2.61 bits per heavy atom. The maximum absolute atomic E-state index is 14.7. The molecule has 1 atom stereocenters. The lowest BCUT2D eigenvalue weighted by Gasteiger charge is -2.13. The molecule has 0 saturated heterocycles. The van der Waals surface area contributed by atoms with Gasteiger partial charge in [0.15, 0.2) is 0 Å². The summed E-state index contributed by atoms with van der Waals surface area (Å²) >= 11 is 1.44. The van der Waals surface area contributed by atoms with E-state index in [1.165, 1.54) is 23.5 Å². The number of hydrogen-bond donors (Lipinski definition) is 1. The fourth-order valence-corrected chi connectivity index (χ4v) is 6.20. The van der Waals surface area contributed by atoms with Crippen LogP contribution in [0.25, 0.3) is 31.8 Å². The Balaban J connectivity index is 1.39. The highest BCUT2D eigenvalue weighted by Crippen LogP contribution is 2.37. The van der Waals surface area contributed by atoms with Crippen LogP contribution in [0.2, 0.25) is 0 Å². The standard InChI is InChI=1S/C27H25FN4O4S2/c1-16-9-21(26-22(10-16)31-18(13-29-26)15-35-3)27-32-25-17(2)11-19(12-23(25)37-27)36-24(28)14-30-38(33,34)20-7-5-4-6-8-20/h4-13,24,30H,14-15H2,1-3H3. The molecule has 1 N–H and O–H groups in total. The van der Waals surface area contributed by atoms with Crippen molar-refractivity contribution in [3.63, 3.8) is 0 Å². The maximum Gasteiger partial charge on any atom is 0.251 e. The van der Waals surface area contributed by atoms with Gasteiger partial charge in [-0.2, -0.15) is 0 Å². The number of rotatable bonds is 9. The number of sulfonamides is 1. The lowest BCUT2D eigenvalue weighted by molar-refractivity contribution is 0.0725. The van der Waals surface area contributed by atoms with Gasteiger partial charge < -0.3 is 9.47 Å². The van der Waals surface area contributed by atoms with Crippen molar-refractivity contribution in [2.45, 2.75) is 31.7 Å². The minimum Gasteiger partial charge on any atom is -0.459 e. The van der Waals surface area contributed by atoms with Crippen molar-refractivity contribution in [2.24, 2.45) is 0 Å². The summed E-state index contributed by atoms with van der Waals surface area (Å²) in [4.78, 5) is 14.2. The predicted octanol–water partition coefficient (Wildman–Crippen LogP) is 5.32. The van der Waals surface area contributed by atoms with Gasteiger partial charge in [-0.1, -0.05) is 18.2 Å². The number of ether oxygens (including phenoxy) is 2. The molecule has 5 rings (SSSR count). The number of fused-ring (bicyclic) bond motifs is 2. The van der Waals surface area contributed by atoms with Gasteiger partial charge in [-0.3, -0.25) is 4.98 Å². The van der Waals surface area contributed by atoms with Crippen LogP contribution in [0.3, 0.4) is 0 Å². The quantitative estimate of drug-likeness (QED) is 0.264. The van der Waals surface area contributed by atoms with Crippen LogP contribution in [-0.4, -0.2) is 43.4 Å². The largest absolute Gasteiger partial charge is 0.459 e. The van der Waals surface area contributed by atoms with E-state index in [-0.39, 0.29) is 10.6 Å². The molecule has 2 aromatic heterocycles. The Kier molecular flexibility index (Phi) is 7.35. The normalized spacial score (nSPS) is 12.7. The van der Waals surface area contributed by atoms with E-state index in [0.29, 0.717) is 6.61 Å². The molecular formula is C27H25FN4O4S2. The zero-order chi connectivity index (χ0) is 26.9. The van der Waals surface area contributed by atoms with Gasteiger partial charge in [0.1, 0.15) is 10.8 Å². The predicted molar refractivity (Wildman–Crippen MR) is 145 cm³/mol. The Labute approximate surface area is 223 Å². The SMILES string of the molecule is COCc1cnc2c(-c3nc4c(C)cc(OC(F)CNS(=O)(=O)c5ccccc5)cc4s3)cc(C)cc2n1. The zero-order valence-corrected chi connectivity index (χ0v) is 22.6. The molecule has 0 radical (unpaired) electrons. The zero-order valence-electron chi connectivity index (χ0n) is 20.9. The van der Waals surface area contributed by atoms with E-state index in [0.717, 1.165) is 48.6 Å². The molecule has 3 aromatic carbocycles. The molecular weight excluding hydrogens is 527 g/mol. The first-order valence-corrected chi connectivity index (χ1v) is 14.1. The number of aryl methyl sites for hydroxylation is 2. The summed E-state index contributed by atoms with van der Waals surface area (Å²) in [7, 11) is -2.23. The highest BCUT2D eigenvalue weighted by atomic mass is 32.2. The van der Waals surface area contributed by atoms with E-state index in [1.807, 2.05) is 26.0 Å². The van der Waals surface area contributed by atoms with Crippen molar-refractivity contribution in [1.29, 1.82) is 0 Å². The van der Waals surface area contributed by atoms with Gasteiger partial charge in [0.25, 0.3) is 6.36 Å². The highest BCUT2D eigenvalue weighted by molar-refractivity contribution is 7.89.